The van der Waals surface area contributed by atoms with Gasteiger partial charge in [0.05, 0.1) is 11.2 Å². The molecule has 0 radical (unpaired) electrons. The Morgan fingerprint density at radius 3 is 2.53 bits per heavy atom. The lowest BCUT2D eigenvalue weighted by Gasteiger charge is -1.99. The molecule has 2 aromatic carbocycles. The Bertz CT molecular complexity index is 844. The average Bonchev–Trinajstić information content (AvgIpc) is 2.90. The highest BCUT2D eigenvalue weighted by Crippen LogP contribution is 2.22. The van der Waals surface area contributed by atoms with Crippen LogP contribution in [-0.4, -0.2) is 15.0 Å². The second-order valence-corrected chi connectivity index (χ2v) is 4.52. The maximum absolute atomic E-state index is 4.60. The van der Waals surface area contributed by atoms with Crippen LogP contribution in [-0.2, 0) is 0 Å². The molecule has 1 N–H and O–H groups in total. The van der Waals surface area contributed by atoms with Gasteiger partial charge in [-0.3, -0.25) is 0 Å². The third-order valence-electron chi connectivity index (χ3n) is 3.26. The van der Waals surface area contributed by atoms with Crippen molar-refractivity contribution in [3.63, 3.8) is 0 Å². The molecule has 2 aromatic heterocycles. The van der Waals surface area contributed by atoms with E-state index in [1.165, 1.54) is 5.39 Å². The van der Waals surface area contributed by atoms with Gasteiger partial charge in [-0.2, -0.15) is 0 Å². The monoisotopic (exact) mass is 245 g/mol. The molecule has 4 aromatic rings. The van der Waals surface area contributed by atoms with Crippen molar-refractivity contribution in [1.29, 1.82) is 0 Å². The third kappa shape index (κ3) is 1.67. The minimum atomic E-state index is 0.731. The third-order valence-corrected chi connectivity index (χ3v) is 3.26. The van der Waals surface area contributed by atoms with Gasteiger partial charge >= 0.3 is 0 Å². The molecular formula is C16H11N3. The zero-order chi connectivity index (χ0) is 12.7. The number of nitrogens with one attached hydrogen (secondary N) is 1. The highest BCUT2D eigenvalue weighted by atomic mass is 14.9. The zero-order valence-corrected chi connectivity index (χ0v) is 10.2. The van der Waals surface area contributed by atoms with Crippen LogP contribution in [0.25, 0.3) is 33.3 Å². The minimum Gasteiger partial charge on any atom is -0.352 e. The maximum Gasteiger partial charge on any atom is 0.176 e. The number of fused-ring (bicyclic) bond motifs is 2. The number of hydrogen-bond acceptors (Lipinski definition) is 2. The number of nitrogens with zero attached hydrogens (tertiary/aromatic N) is 2. The lowest BCUT2D eigenvalue weighted by atomic mass is 10.2. The van der Waals surface area contributed by atoms with Gasteiger partial charge in [0.25, 0.3) is 0 Å². The Labute approximate surface area is 110 Å². The predicted molar refractivity (Wildman–Crippen MR) is 76.8 cm³/mol. The molecule has 0 bridgehead atoms. The first-order valence-electron chi connectivity index (χ1n) is 6.20. The SMILES string of the molecule is c1ccc2nc(-c3cc4ccccc4[nH]3)ncc2c1. The van der Waals surface area contributed by atoms with Gasteiger partial charge in [-0.1, -0.05) is 36.4 Å². The van der Waals surface area contributed by atoms with Crippen molar-refractivity contribution in [3.8, 4) is 11.5 Å². The first kappa shape index (κ1) is 10.3. The molecule has 0 aliphatic rings. The summed E-state index contributed by atoms with van der Waals surface area (Å²) in [6.45, 7) is 0. The van der Waals surface area contributed by atoms with Crippen molar-refractivity contribution in [2.24, 2.45) is 0 Å². The van der Waals surface area contributed by atoms with Gasteiger partial charge in [-0.25, -0.2) is 9.97 Å². The molecule has 0 atom stereocenters. The van der Waals surface area contributed by atoms with Crippen LogP contribution in [0.1, 0.15) is 0 Å². The molecule has 0 aliphatic heterocycles. The van der Waals surface area contributed by atoms with E-state index >= 15 is 0 Å². The summed E-state index contributed by atoms with van der Waals surface area (Å²) >= 11 is 0. The number of para-hydroxylation sites is 2. The fourth-order valence-corrected chi connectivity index (χ4v) is 2.30. The zero-order valence-electron chi connectivity index (χ0n) is 10.2. The predicted octanol–water partition coefficient (Wildman–Crippen LogP) is 3.78. The Morgan fingerprint density at radius 1 is 0.842 bits per heavy atom. The highest BCUT2D eigenvalue weighted by Gasteiger charge is 2.06. The van der Waals surface area contributed by atoms with E-state index in [2.05, 4.69) is 33.2 Å². The molecule has 4 rings (SSSR count). The van der Waals surface area contributed by atoms with Crippen LogP contribution in [0, 0.1) is 0 Å². The van der Waals surface area contributed by atoms with E-state index in [0.717, 1.165) is 27.9 Å². The number of benzene rings is 2. The topological polar surface area (TPSA) is 41.6 Å². The number of aromatic nitrogens is 3. The Balaban J connectivity index is 1.93. The van der Waals surface area contributed by atoms with Crippen molar-refractivity contribution in [2.45, 2.75) is 0 Å². The molecule has 0 unspecified atom stereocenters. The summed E-state index contributed by atoms with van der Waals surface area (Å²) in [6, 6.07) is 18.3. The summed E-state index contributed by atoms with van der Waals surface area (Å²) < 4.78 is 0. The standard InChI is InChI=1S/C16H11N3/c1-3-7-13-11(5-1)9-15(18-13)16-17-10-12-6-2-4-8-14(12)19-16/h1-10,18H. The number of rotatable bonds is 1. The van der Waals surface area contributed by atoms with Crippen LogP contribution < -0.4 is 0 Å². The van der Waals surface area contributed by atoms with Crippen molar-refractivity contribution in [3.05, 3.63) is 60.8 Å². The normalized spacial score (nSPS) is 11.2. The molecule has 0 fully saturated rings. The summed E-state index contributed by atoms with van der Waals surface area (Å²) in [4.78, 5) is 12.4. The molecule has 19 heavy (non-hydrogen) atoms. The summed E-state index contributed by atoms with van der Waals surface area (Å²) in [6.07, 6.45) is 1.86. The summed E-state index contributed by atoms with van der Waals surface area (Å²) in [5, 5.41) is 2.23. The van der Waals surface area contributed by atoms with Crippen LogP contribution >= 0.6 is 0 Å². The minimum absolute atomic E-state index is 0.731. The van der Waals surface area contributed by atoms with Crippen LogP contribution in [0.15, 0.2) is 60.8 Å². The van der Waals surface area contributed by atoms with Gasteiger partial charge in [0.1, 0.15) is 0 Å². The Morgan fingerprint density at radius 2 is 1.63 bits per heavy atom. The maximum atomic E-state index is 4.60. The second kappa shape index (κ2) is 3.92. The molecule has 0 spiro atoms. The van der Waals surface area contributed by atoms with E-state index < -0.39 is 0 Å². The van der Waals surface area contributed by atoms with E-state index in [-0.39, 0.29) is 0 Å². The van der Waals surface area contributed by atoms with Gasteiger partial charge in [-0.05, 0) is 18.2 Å². The van der Waals surface area contributed by atoms with Crippen LogP contribution in [0.5, 0.6) is 0 Å². The second-order valence-electron chi connectivity index (χ2n) is 4.52. The van der Waals surface area contributed by atoms with Gasteiger partial charge in [0.15, 0.2) is 5.82 Å². The largest absolute Gasteiger partial charge is 0.352 e. The van der Waals surface area contributed by atoms with Gasteiger partial charge < -0.3 is 4.98 Å². The summed E-state index contributed by atoms with van der Waals surface area (Å²) in [5.41, 5.74) is 3.02. The van der Waals surface area contributed by atoms with E-state index in [1.807, 2.05) is 42.6 Å². The van der Waals surface area contributed by atoms with Crippen LogP contribution in [0.2, 0.25) is 0 Å². The fraction of sp³-hybridized carbons (Fsp3) is 0. The van der Waals surface area contributed by atoms with Crippen molar-refractivity contribution >= 4 is 21.8 Å². The smallest absolute Gasteiger partial charge is 0.176 e. The number of aromatic amines is 1. The van der Waals surface area contributed by atoms with Gasteiger partial charge in [-0.15, -0.1) is 0 Å². The molecule has 90 valence electrons. The first-order chi connectivity index (χ1) is 9.40. The molecular weight excluding hydrogens is 234 g/mol. The molecule has 0 saturated carbocycles. The molecule has 3 heteroatoms. The molecule has 2 heterocycles. The lowest BCUT2D eigenvalue weighted by Crippen LogP contribution is -1.89. The number of H-pyrrole nitrogens is 1. The molecule has 0 aliphatic carbocycles. The van der Waals surface area contributed by atoms with E-state index in [4.69, 9.17) is 0 Å². The number of hydrogen-bond donors (Lipinski definition) is 1. The summed E-state index contributed by atoms with van der Waals surface area (Å²) in [5.74, 6) is 0.731. The quantitative estimate of drug-likeness (QED) is 0.554. The lowest BCUT2D eigenvalue weighted by molar-refractivity contribution is 1.20. The van der Waals surface area contributed by atoms with Crippen molar-refractivity contribution in [1.82, 2.24) is 15.0 Å². The average molecular weight is 245 g/mol. The Kier molecular flexibility index (Phi) is 2.12. The van der Waals surface area contributed by atoms with Crippen molar-refractivity contribution < 1.29 is 0 Å². The fourth-order valence-electron chi connectivity index (χ4n) is 2.30. The first-order valence-corrected chi connectivity index (χ1v) is 6.20. The van der Waals surface area contributed by atoms with E-state index in [1.54, 1.807) is 0 Å². The molecule has 0 amide bonds. The molecule has 3 nitrogen and oxygen atoms in total. The Hall–Kier alpha value is -2.68. The van der Waals surface area contributed by atoms with Crippen LogP contribution in [0.3, 0.4) is 0 Å². The van der Waals surface area contributed by atoms with Crippen molar-refractivity contribution in [2.75, 3.05) is 0 Å². The van der Waals surface area contributed by atoms with Crippen LogP contribution in [0.4, 0.5) is 0 Å². The highest BCUT2D eigenvalue weighted by molar-refractivity contribution is 5.86. The van der Waals surface area contributed by atoms with Gasteiger partial charge in [0, 0.05) is 22.5 Å². The summed E-state index contributed by atoms with van der Waals surface area (Å²) in [7, 11) is 0. The molecule has 0 saturated heterocycles. The van der Waals surface area contributed by atoms with E-state index in [9.17, 15) is 0 Å². The van der Waals surface area contributed by atoms with Gasteiger partial charge in [0.2, 0.25) is 0 Å². The van der Waals surface area contributed by atoms with E-state index in [0.29, 0.717) is 0 Å².